The molecule has 1 aliphatic carbocycles. The minimum atomic E-state index is -0.173. The first-order valence-electron chi connectivity index (χ1n) is 10.1. The van der Waals surface area contributed by atoms with Crippen LogP contribution in [0.3, 0.4) is 0 Å². The average Bonchev–Trinajstić information content (AvgIpc) is 3.39. The Morgan fingerprint density at radius 2 is 2.03 bits per heavy atom. The number of pyridine rings is 1. The van der Waals surface area contributed by atoms with E-state index in [1.54, 1.807) is 28.4 Å². The average molecular weight is 422 g/mol. The van der Waals surface area contributed by atoms with Crippen LogP contribution in [0.5, 0.6) is 0 Å². The van der Waals surface area contributed by atoms with Gasteiger partial charge in [-0.2, -0.15) is 10.1 Å². The Balaban J connectivity index is 1.38. The van der Waals surface area contributed by atoms with Crippen molar-refractivity contribution in [2.45, 2.75) is 44.8 Å². The van der Waals surface area contributed by atoms with Crippen molar-refractivity contribution >= 4 is 39.0 Å². The zero-order valence-electron chi connectivity index (χ0n) is 16.6. The van der Waals surface area contributed by atoms with Gasteiger partial charge in [0.05, 0.1) is 40.1 Å². The number of thiophene rings is 1. The van der Waals surface area contributed by atoms with Crippen molar-refractivity contribution in [3.8, 4) is 5.69 Å². The predicted octanol–water partition coefficient (Wildman–Crippen LogP) is 4.04. The van der Waals surface area contributed by atoms with Crippen molar-refractivity contribution in [3.63, 3.8) is 0 Å². The lowest BCUT2D eigenvalue weighted by molar-refractivity contribution is 0.126. The second-order valence-electron chi connectivity index (χ2n) is 7.63. The maximum atomic E-state index is 9.77. The molecule has 9 heteroatoms. The molecule has 154 valence electrons. The number of anilines is 3. The van der Waals surface area contributed by atoms with Crippen LogP contribution in [-0.2, 0) is 0 Å². The van der Waals surface area contributed by atoms with E-state index in [0.29, 0.717) is 12.0 Å². The van der Waals surface area contributed by atoms with Crippen LogP contribution in [0.15, 0.2) is 42.2 Å². The van der Waals surface area contributed by atoms with E-state index in [9.17, 15) is 5.11 Å². The van der Waals surface area contributed by atoms with E-state index < -0.39 is 0 Å². The summed E-state index contributed by atoms with van der Waals surface area (Å²) in [5.74, 6) is 1.38. The molecule has 0 atom stereocenters. The van der Waals surface area contributed by atoms with Crippen LogP contribution in [-0.4, -0.2) is 42.0 Å². The highest BCUT2D eigenvalue weighted by molar-refractivity contribution is 7.17. The van der Waals surface area contributed by atoms with Crippen LogP contribution in [0.2, 0.25) is 0 Å². The van der Waals surface area contributed by atoms with Crippen LogP contribution in [0.1, 0.15) is 31.4 Å². The molecule has 5 rings (SSSR count). The first kappa shape index (κ1) is 19.0. The van der Waals surface area contributed by atoms with Crippen molar-refractivity contribution < 1.29 is 5.11 Å². The largest absolute Gasteiger partial charge is 0.393 e. The first-order valence-corrected chi connectivity index (χ1v) is 11.0. The highest BCUT2D eigenvalue weighted by atomic mass is 32.1. The molecule has 8 nitrogen and oxygen atoms in total. The monoisotopic (exact) mass is 421 g/mol. The predicted molar refractivity (Wildman–Crippen MR) is 119 cm³/mol. The van der Waals surface area contributed by atoms with Gasteiger partial charge in [0, 0.05) is 17.9 Å². The number of nitrogens with one attached hydrogen (secondary N) is 2. The van der Waals surface area contributed by atoms with E-state index in [2.05, 4.69) is 25.7 Å². The molecule has 4 aromatic rings. The summed E-state index contributed by atoms with van der Waals surface area (Å²) in [6, 6.07) is 6.22. The molecule has 0 saturated heterocycles. The Labute approximate surface area is 178 Å². The lowest BCUT2D eigenvalue weighted by Crippen LogP contribution is -2.28. The summed E-state index contributed by atoms with van der Waals surface area (Å²) < 4.78 is 2.85. The zero-order chi connectivity index (χ0) is 20.5. The third kappa shape index (κ3) is 3.99. The summed E-state index contributed by atoms with van der Waals surface area (Å²) in [7, 11) is 0. The molecule has 1 fully saturated rings. The molecule has 0 radical (unpaired) electrons. The van der Waals surface area contributed by atoms with Gasteiger partial charge >= 0.3 is 0 Å². The van der Waals surface area contributed by atoms with Gasteiger partial charge in [0.15, 0.2) is 0 Å². The zero-order valence-corrected chi connectivity index (χ0v) is 17.4. The van der Waals surface area contributed by atoms with Crippen LogP contribution in [0.4, 0.5) is 17.5 Å². The maximum absolute atomic E-state index is 9.77. The van der Waals surface area contributed by atoms with Gasteiger partial charge in [-0.05, 0) is 56.2 Å². The van der Waals surface area contributed by atoms with E-state index >= 15 is 0 Å². The van der Waals surface area contributed by atoms with Gasteiger partial charge in [-0.3, -0.25) is 4.98 Å². The summed E-state index contributed by atoms with van der Waals surface area (Å²) in [5, 5.41) is 23.1. The van der Waals surface area contributed by atoms with Gasteiger partial charge in [-0.1, -0.05) is 0 Å². The molecule has 1 aliphatic rings. The van der Waals surface area contributed by atoms with Gasteiger partial charge in [0.2, 0.25) is 5.95 Å². The molecule has 0 unspecified atom stereocenters. The number of hydrogen-bond acceptors (Lipinski definition) is 8. The summed E-state index contributed by atoms with van der Waals surface area (Å²) >= 11 is 1.63. The highest BCUT2D eigenvalue weighted by Crippen LogP contribution is 2.31. The number of hydrogen-bond donors (Lipinski definition) is 3. The van der Waals surface area contributed by atoms with Crippen molar-refractivity contribution in [3.05, 3.63) is 47.9 Å². The Bertz CT molecular complexity index is 1160. The topological polar surface area (TPSA) is 101 Å². The van der Waals surface area contributed by atoms with E-state index in [4.69, 9.17) is 4.98 Å². The molecule has 0 aromatic carbocycles. The van der Waals surface area contributed by atoms with Crippen LogP contribution in [0.25, 0.3) is 15.9 Å². The fourth-order valence-corrected chi connectivity index (χ4v) is 4.55. The molecule has 4 heterocycles. The standard InChI is InChI=1S/C21H23N7OS/c1-13-10-16(6-8-22-13)28-12-15(11-23-28)25-21-26-18-7-9-30-19(18)20(27-21)24-14-2-4-17(29)5-3-14/h6-12,14,17,29H,2-5H2,1H3,(H2,24,25,26,27)/t14-,17-. The number of nitrogens with zero attached hydrogens (tertiary/aromatic N) is 5. The summed E-state index contributed by atoms with van der Waals surface area (Å²) in [4.78, 5) is 13.6. The van der Waals surface area contributed by atoms with E-state index in [0.717, 1.165) is 58.8 Å². The van der Waals surface area contributed by atoms with Gasteiger partial charge in [0.25, 0.3) is 0 Å². The third-order valence-electron chi connectivity index (χ3n) is 5.32. The molecule has 0 bridgehead atoms. The van der Waals surface area contributed by atoms with Crippen molar-refractivity contribution in [1.82, 2.24) is 24.7 Å². The number of aliphatic hydroxyl groups excluding tert-OH is 1. The number of rotatable bonds is 5. The SMILES string of the molecule is Cc1cc(-n2cc(Nc3nc(N[C@H]4CC[C@H](O)CC4)c4sccc4n3)cn2)ccn1. The third-order valence-corrected chi connectivity index (χ3v) is 6.23. The van der Waals surface area contributed by atoms with Crippen molar-refractivity contribution in [2.75, 3.05) is 10.6 Å². The normalized spacial score (nSPS) is 19.1. The van der Waals surface area contributed by atoms with Gasteiger partial charge in [0.1, 0.15) is 5.82 Å². The van der Waals surface area contributed by atoms with E-state index in [-0.39, 0.29) is 6.10 Å². The van der Waals surface area contributed by atoms with Crippen molar-refractivity contribution in [1.29, 1.82) is 0 Å². The minimum absolute atomic E-state index is 0.173. The smallest absolute Gasteiger partial charge is 0.229 e. The molecule has 0 spiro atoms. The molecule has 3 N–H and O–H groups in total. The number of aryl methyl sites for hydroxylation is 1. The number of aromatic nitrogens is 5. The van der Waals surface area contributed by atoms with Gasteiger partial charge in [-0.15, -0.1) is 11.3 Å². The van der Waals surface area contributed by atoms with Crippen LogP contribution >= 0.6 is 11.3 Å². The molecule has 4 aromatic heterocycles. The Hall–Kier alpha value is -3.04. The second-order valence-corrected chi connectivity index (χ2v) is 8.55. The molecule has 0 aliphatic heterocycles. The molecular formula is C21H23N7OS. The highest BCUT2D eigenvalue weighted by Gasteiger charge is 2.21. The Morgan fingerprint density at radius 1 is 1.17 bits per heavy atom. The summed E-state index contributed by atoms with van der Waals surface area (Å²) in [5.41, 5.74) is 3.61. The Morgan fingerprint density at radius 3 is 2.87 bits per heavy atom. The molecule has 1 saturated carbocycles. The molecular weight excluding hydrogens is 398 g/mol. The fourth-order valence-electron chi connectivity index (χ4n) is 3.76. The number of fused-ring (bicyclic) bond motifs is 1. The number of aliphatic hydroxyl groups is 1. The molecule has 30 heavy (non-hydrogen) atoms. The lowest BCUT2D eigenvalue weighted by atomic mass is 9.93. The Kier molecular flexibility index (Phi) is 5.06. The quantitative estimate of drug-likeness (QED) is 0.447. The van der Waals surface area contributed by atoms with Crippen LogP contribution < -0.4 is 10.6 Å². The first-order chi connectivity index (χ1) is 14.6. The summed E-state index contributed by atoms with van der Waals surface area (Å²) in [6.07, 6.45) is 8.81. The fraction of sp³-hybridized carbons (Fsp3) is 0.333. The van der Waals surface area contributed by atoms with Gasteiger partial charge < -0.3 is 15.7 Å². The maximum Gasteiger partial charge on any atom is 0.229 e. The van der Waals surface area contributed by atoms with Crippen molar-refractivity contribution in [2.24, 2.45) is 0 Å². The van der Waals surface area contributed by atoms with E-state index in [1.165, 1.54) is 0 Å². The minimum Gasteiger partial charge on any atom is -0.393 e. The lowest BCUT2D eigenvalue weighted by Gasteiger charge is -2.26. The summed E-state index contributed by atoms with van der Waals surface area (Å²) in [6.45, 7) is 1.96. The van der Waals surface area contributed by atoms with E-state index in [1.807, 2.05) is 36.7 Å². The van der Waals surface area contributed by atoms with Gasteiger partial charge in [-0.25, -0.2) is 9.67 Å². The molecule has 0 amide bonds. The second kappa shape index (κ2) is 8.00. The van der Waals surface area contributed by atoms with Crippen LogP contribution in [0, 0.1) is 6.92 Å².